The van der Waals surface area contributed by atoms with Gasteiger partial charge in [0.2, 0.25) is 17.5 Å². The number of nitrogens with two attached hydrogens (primary N) is 1. The standard InChI is InChI=1S/C20H14ClN7O2/c21-11-5-7-12(8-6-11)24-20-26-15(25-19(22)27-20)9-28-10-23-16-13-3-1-2-4-14(13)30-17(16)18(28)29/h1-8,10H,9H2,(H3,22,24,25,26,27). The topological polar surface area (TPSA) is 125 Å². The van der Waals surface area contributed by atoms with E-state index in [-0.39, 0.29) is 29.6 Å². The van der Waals surface area contributed by atoms with E-state index < -0.39 is 0 Å². The van der Waals surface area contributed by atoms with Gasteiger partial charge in [0.05, 0.1) is 12.9 Å². The first-order chi connectivity index (χ1) is 14.6. The van der Waals surface area contributed by atoms with Crippen molar-refractivity contribution in [1.29, 1.82) is 0 Å². The normalized spacial score (nSPS) is 11.2. The van der Waals surface area contributed by atoms with Crippen molar-refractivity contribution in [3.05, 3.63) is 76.1 Å². The third-order valence-electron chi connectivity index (χ3n) is 4.46. The molecule has 5 aromatic rings. The Kier molecular flexibility index (Phi) is 4.29. The fourth-order valence-electron chi connectivity index (χ4n) is 3.11. The van der Waals surface area contributed by atoms with Crippen LogP contribution in [-0.4, -0.2) is 24.5 Å². The number of fused-ring (bicyclic) bond motifs is 3. The first-order valence-electron chi connectivity index (χ1n) is 8.96. The number of nitrogens with one attached hydrogen (secondary N) is 1. The molecule has 0 aliphatic heterocycles. The first-order valence-corrected chi connectivity index (χ1v) is 9.34. The molecule has 5 rings (SSSR count). The molecule has 0 fully saturated rings. The summed E-state index contributed by atoms with van der Waals surface area (Å²) in [6.07, 6.45) is 1.44. The number of nitrogen functional groups attached to an aromatic ring is 1. The monoisotopic (exact) mass is 419 g/mol. The second kappa shape index (κ2) is 7.12. The maximum Gasteiger partial charge on any atom is 0.297 e. The molecule has 2 aromatic carbocycles. The van der Waals surface area contributed by atoms with Gasteiger partial charge in [0.15, 0.2) is 5.82 Å². The highest BCUT2D eigenvalue weighted by molar-refractivity contribution is 6.30. The van der Waals surface area contributed by atoms with Crippen molar-refractivity contribution in [1.82, 2.24) is 24.5 Å². The largest absolute Gasteiger partial charge is 0.448 e. The van der Waals surface area contributed by atoms with Gasteiger partial charge in [0.25, 0.3) is 5.56 Å². The van der Waals surface area contributed by atoms with E-state index in [0.717, 1.165) is 11.1 Å². The molecule has 0 aliphatic carbocycles. The molecule has 3 aromatic heterocycles. The van der Waals surface area contributed by atoms with Crippen LogP contribution in [0, 0.1) is 0 Å². The van der Waals surface area contributed by atoms with E-state index in [1.54, 1.807) is 30.3 Å². The van der Waals surface area contributed by atoms with Gasteiger partial charge in [-0.25, -0.2) is 4.98 Å². The molecule has 0 saturated heterocycles. The Hall–Kier alpha value is -3.98. The Labute approximate surface area is 174 Å². The Balaban J connectivity index is 1.49. The first kappa shape index (κ1) is 18.1. The highest BCUT2D eigenvalue weighted by Crippen LogP contribution is 2.24. The SMILES string of the molecule is Nc1nc(Cn2cnc3c(oc4ccccc43)c2=O)nc(Nc2ccc(Cl)cc2)n1. The summed E-state index contributed by atoms with van der Waals surface area (Å²) in [5.41, 5.74) is 7.54. The fourth-order valence-corrected chi connectivity index (χ4v) is 3.23. The molecule has 3 heterocycles. The van der Waals surface area contributed by atoms with E-state index in [2.05, 4.69) is 25.3 Å². The molecule has 3 N–H and O–H groups in total. The highest BCUT2D eigenvalue weighted by atomic mass is 35.5. The van der Waals surface area contributed by atoms with Gasteiger partial charge in [-0.1, -0.05) is 23.7 Å². The fraction of sp³-hybridized carbons (Fsp3) is 0.0500. The average Bonchev–Trinajstić information content (AvgIpc) is 3.11. The summed E-state index contributed by atoms with van der Waals surface area (Å²) in [6.45, 7) is 0.0564. The molecular weight excluding hydrogens is 406 g/mol. The molecule has 9 nitrogen and oxygen atoms in total. The molecule has 0 aliphatic rings. The van der Waals surface area contributed by atoms with E-state index in [0.29, 0.717) is 21.9 Å². The summed E-state index contributed by atoms with van der Waals surface area (Å²) in [6, 6.07) is 14.4. The van der Waals surface area contributed by atoms with Crippen molar-refractivity contribution in [3.8, 4) is 0 Å². The molecule has 0 atom stereocenters. The summed E-state index contributed by atoms with van der Waals surface area (Å²) in [5, 5.41) is 4.44. The molecule has 148 valence electrons. The van der Waals surface area contributed by atoms with Crippen LogP contribution in [0.5, 0.6) is 0 Å². The van der Waals surface area contributed by atoms with E-state index in [4.69, 9.17) is 21.8 Å². The number of hydrogen-bond acceptors (Lipinski definition) is 8. The number of para-hydroxylation sites is 1. The van der Waals surface area contributed by atoms with E-state index in [1.165, 1.54) is 10.9 Å². The van der Waals surface area contributed by atoms with Gasteiger partial charge in [-0.05, 0) is 36.4 Å². The van der Waals surface area contributed by atoms with Crippen LogP contribution in [0.25, 0.3) is 22.1 Å². The number of anilines is 3. The Morgan fingerprint density at radius 3 is 2.70 bits per heavy atom. The molecule has 0 unspecified atom stereocenters. The number of hydrogen-bond donors (Lipinski definition) is 2. The van der Waals surface area contributed by atoms with Crippen LogP contribution in [0.3, 0.4) is 0 Å². The van der Waals surface area contributed by atoms with Crippen molar-refractivity contribution < 1.29 is 4.42 Å². The Bertz CT molecular complexity index is 1440. The molecule has 0 radical (unpaired) electrons. The maximum absolute atomic E-state index is 12.9. The smallest absolute Gasteiger partial charge is 0.297 e. The van der Waals surface area contributed by atoms with Crippen molar-refractivity contribution in [2.24, 2.45) is 0 Å². The van der Waals surface area contributed by atoms with Crippen LogP contribution < -0.4 is 16.6 Å². The van der Waals surface area contributed by atoms with Gasteiger partial charge in [-0.2, -0.15) is 15.0 Å². The second-order valence-electron chi connectivity index (χ2n) is 6.52. The minimum atomic E-state index is -0.331. The lowest BCUT2D eigenvalue weighted by Gasteiger charge is -2.08. The molecule has 0 spiro atoms. The zero-order valence-corrected chi connectivity index (χ0v) is 16.2. The van der Waals surface area contributed by atoms with E-state index in [1.807, 2.05) is 18.2 Å². The lowest BCUT2D eigenvalue weighted by atomic mass is 10.2. The Morgan fingerprint density at radius 1 is 1.07 bits per heavy atom. The molecule has 10 heteroatoms. The average molecular weight is 420 g/mol. The molecule has 0 bridgehead atoms. The van der Waals surface area contributed by atoms with E-state index in [9.17, 15) is 4.79 Å². The predicted molar refractivity (Wildman–Crippen MR) is 114 cm³/mol. The lowest BCUT2D eigenvalue weighted by molar-refractivity contribution is 0.636. The number of nitrogens with zero attached hydrogens (tertiary/aromatic N) is 5. The van der Waals surface area contributed by atoms with Gasteiger partial charge in [0, 0.05) is 16.1 Å². The van der Waals surface area contributed by atoms with Gasteiger partial charge in [0.1, 0.15) is 11.1 Å². The number of aromatic nitrogens is 5. The Morgan fingerprint density at radius 2 is 1.87 bits per heavy atom. The summed E-state index contributed by atoms with van der Waals surface area (Å²) >= 11 is 5.90. The van der Waals surface area contributed by atoms with Crippen molar-refractivity contribution in [2.45, 2.75) is 6.54 Å². The zero-order chi connectivity index (χ0) is 20.7. The van der Waals surface area contributed by atoms with Gasteiger partial charge in [-0.15, -0.1) is 0 Å². The van der Waals surface area contributed by atoms with Crippen molar-refractivity contribution >= 4 is 51.3 Å². The molecular formula is C20H14ClN7O2. The van der Waals surface area contributed by atoms with Gasteiger partial charge < -0.3 is 15.5 Å². The van der Waals surface area contributed by atoms with Crippen LogP contribution in [0.15, 0.2) is 64.1 Å². The van der Waals surface area contributed by atoms with Crippen LogP contribution >= 0.6 is 11.6 Å². The summed E-state index contributed by atoms with van der Waals surface area (Å²) in [7, 11) is 0. The van der Waals surface area contributed by atoms with Crippen LogP contribution in [-0.2, 0) is 6.54 Å². The van der Waals surface area contributed by atoms with E-state index >= 15 is 0 Å². The van der Waals surface area contributed by atoms with Crippen LogP contribution in [0.4, 0.5) is 17.6 Å². The van der Waals surface area contributed by atoms with Gasteiger partial charge in [-0.3, -0.25) is 9.36 Å². The molecule has 0 saturated carbocycles. The molecule has 0 amide bonds. The van der Waals surface area contributed by atoms with Crippen LogP contribution in [0.2, 0.25) is 5.02 Å². The third-order valence-corrected chi connectivity index (χ3v) is 4.71. The molecule has 30 heavy (non-hydrogen) atoms. The number of furan rings is 1. The second-order valence-corrected chi connectivity index (χ2v) is 6.96. The number of benzene rings is 2. The lowest BCUT2D eigenvalue weighted by Crippen LogP contribution is -2.22. The zero-order valence-electron chi connectivity index (χ0n) is 15.4. The maximum atomic E-state index is 12.9. The van der Waals surface area contributed by atoms with Crippen molar-refractivity contribution in [3.63, 3.8) is 0 Å². The van der Waals surface area contributed by atoms with Crippen molar-refractivity contribution in [2.75, 3.05) is 11.1 Å². The van der Waals surface area contributed by atoms with Gasteiger partial charge >= 0.3 is 0 Å². The summed E-state index contributed by atoms with van der Waals surface area (Å²) < 4.78 is 7.07. The third kappa shape index (κ3) is 3.31. The summed E-state index contributed by atoms with van der Waals surface area (Å²) in [5.74, 6) is 0.589. The number of halogens is 1. The highest BCUT2D eigenvalue weighted by Gasteiger charge is 2.14. The van der Waals surface area contributed by atoms with Crippen LogP contribution in [0.1, 0.15) is 5.82 Å². The summed E-state index contributed by atoms with van der Waals surface area (Å²) in [4.78, 5) is 29.8. The quantitative estimate of drug-likeness (QED) is 0.454. The number of rotatable bonds is 4. The predicted octanol–water partition coefficient (Wildman–Crippen LogP) is 3.36. The minimum Gasteiger partial charge on any atom is -0.448 e. The minimum absolute atomic E-state index is 0.0299.